The summed E-state index contributed by atoms with van der Waals surface area (Å²) in [6.07, 6.45) is -1.31. The lowest BCUT2D eigenvalue weighted by Gasteiger charge is -2.15. The number of nitrogens with zero attached hydrogens (tertiary/aromatic N) is 5. The van der Waals surface area contributed by atoms with Gasteiger partial charge in [0.1, 0.15) is 0 Å². The van der Waals surface area contributed by atoms with Crippen molar-refractivity contribution in [2.45, 2.75) is 19.0 Å². The van der Waals surface area contributed by atoms with Gasteiger partial charge in [0, 0.05) is 19.3 Å². The Morgan fingerprint density at radius 2 is 1.86 bits per heavy atom. The predicted molar refractivity (Wildman–Crippen MR) is 71.8 cm³/mol. The van der Waals surface area contributed by atoms with Crippen LogP contribution in [0.3, 0.4) is 0 Å². The highest BCUT2D eigenvalue weighted by molar-refractivity contribution is 7.15. The largest absolute Gasteiger partial charge is 0.443 e. The van der Waals surface area contributed by atoms with Gasteiger partial charge in [0.2, 0.25) is 11.9 Å². The molecule has 2 aromatic rings. The molecule has 10 heteroatoms. The van der Waals surface area contributed by atoms with Crippen LogP contribution < -0.4 is 10.6 Å². The fourth-order valence-corrected chi connectivity index (χ4v) is 2.78. The first kappa shape index (κ1) is 14.0. The van der Waals surface area contributed by atoms with E-state index in [1.165, 1.54) is 0 Å². The fourth-order valence-electron chi connectivity index (χ4n) is 2.06. The van der Waals surface area contributed by atoms with E-state index >= 15 is 0 Å². The van der Waals surface area contributed by atoms with E-state index in [2.05, 4.69) is 19.9 Å². The van der Waals surface area contributed by atoms with E-state index in [-0.39, 0.29) is 16.6 Å². The van der Waals surface area contributed by atoms with Gasteiger partial charge < -0.3 is 10.6 Å². The fraction of sp³-hybridized carbons (Fsp3) is 0.455. The molecule has 0 aromatic carbocycles. The van der Waals surface area contributed by atoms with Crippen molar-refractivity contribution in [3.8, 4) is 10.7 Å². The summed E-state index contributed by atoms with van der Waals surface area (Å²) in [4.78, 5) is 17.7. The van der Waals surface area contributed by atoms with E-state index in [0.717, 1.165) is 32.1 Å². The highest BCUT2D eigenvalue weighted by Gasteiger charge is 2.35. The van der Waals surface area contributed by atoms with Crippen molar-refractivity contribution in [3.63, 3.8) is 0 Å². The van der Waals surface area contributed by atoms with Crippen LogP contribution in [0.5, 0.6) is 0 Å². The number of rotatable bonds is 2. The lowest BCUT2D eigenvalue weighted by atomic mass is 10.4. The van der Waals surface area contributed by atoms with Gasteiger partial charge in [-0.3, -0.25) is 0 Å². The standard InChI is InChI=1S/C11H11F3N6S/c12-11(13,14)8-16-5-6(21-8)7-17-9(15)19-10(18-7)20-3-1-2-4-20/h5H,1-4H2,(H2,15,17,18,19). The molecular weight excluding hydrogens is 305 g/mol. The summed E-state index contributed by atoms with van der Waals surface area (Å²) in [6.45, 7) is 1.61. The highest BCUT2D eigenvalue weighted by atomic mass is 32.1. The summed E-state index contributed by atoms with van der Waals surface area (Å²) >= 11 is 0.490. The van der Waals surface area contributed by atoms with Crippen molar-refractivity contribution in [2.75, 3.05) is 23.7 Å². The van der Waals surface area contributed by atoms with Crippen LogP contribution in [0, 0.1) is 0 Å². The van der Waals surface area contributed by atoms with Crippen LogP contribution in [0.15, 0.2) is 6.20 Å². The van der Waals surface area contributed by atoms with Gasteiger partial charge in [-0.15, -0.1) is 11.3 Å². The van der Waals surface area contributed by atoms with Crippen molar-refractivity contribution >= 4 is 23.2 Å². The second-order valence-corrected chi connectivity index (χ2v) is 5.57. The number of anilines is 2. The van der Waals surface area contributed by atoms with Gasteiger partial charge in [-0.1, -0.05) is 0 Å². The minimum atomic E-state index is -4.47. The van der Waals surface area contributed by atoms with Crippen molar-refractivity contribution in [1.82, 2.24) is 19.9 Å². The Labute approximate surface area is 121 Å². The topological polar surface area (TPSA) is 80.8 Å². The molecule has 1 fully saturated rings. The van der Waals surface area contributed by atoms with Crippen molar-refractivity contribution in [1.29, 1.82) is 0 Å². The molecule has 0 unspecified atom stereocenters. The molecule has 21 heavy (non-hydrogen) atoms. The number of aromatic nitrogens is 4. The molecule has 2 aromatic heterocycles. The smallest absolute Gasteiger partial charge is 0.368 e. The van der Waals surface area contributed by atoms with Crippen molar-refractivity contribution < 1.29 is 13.2 Å². The molecule has 0 bridgehead atoms. The summed E-state index contributed by atoms with van der Waals surface area (Å²) in [5, 5.41) is -0.931. The molecule has 112 valence electrons. The third kappa shape index (κ3) is 2.89. The molecule has 0 atom stereocenters. The zero-order valence-electron chi connectivity index (χ0n) is 10.8. The molecule has 6 nitrogen and oxygen atoms in total. The van der Waals surface area contributed by atoms with Crippen LogP contribution in [-0.2, 0) is 6.18 Å². The molecule has 0 aliphatic carbocycles. The van der Waals surface area contributed by atoms with Crippen molar-refractivity contribution in [3.05, 3.63) is 11.2 Å². The van der Waals surface area contributed by atoms with E-state index < -0.39 is 11.2 Å². The highest BCUT2D eigenvalue weighted by Crippen LogP contribution is 2.35. The first-order valence-electron chi connectivity index (χ1n) is 6.23. The van der Waals surface area contributed by atoms with Gasteiger partial charge in [-0.05, 0) is 12.8 Å². The molecule has 0 spiro atoms. The summed E-state index contributed by atoms with van der Waals surface area (Å²) in [6, 6.07) is 0. The van der Waals surface area contributed by atoms with E-state index in [1.807, 2.05) is 4.90 Å². The third-order valence-electron chi connectivity index (χ3n) is 3.00. The minimum absolute atomic E-state index is 0.0103. The molecule has 1 aliphatic heterocycles. The van der Waals surface area contributed by atoms with E-state index in [4.69, 9.17) is 5.73 Å². The molecule has 0 saturated carbocycles. The Hall–Kier alpha value is -1.97. The number of hydrogen-bond donors (Lipinski definition) is 1. The van der Waals surface area contributed by atoms with Crippen LogP contribution in [0.25, 0.3) is 10.7 Å². The predicted octanol–water partition coefficient (Wildman–Crippen LogP) is 2.20. The molecular formula is C11H11F3N6S. The molecule has 1 aliphatic rings. The summed E-state index contributed by atoms with van der Waals surface area (Å²) < 4.78 is 37.7. The van der Waals surface area contributed by atoms with Gasteiger partial charge in [-0.2, -0.15) is 28.1 Å². The Bertz CT molecular complexity index is 650. The first-order chi connectivity index (χ1) is 9.93. The van der Waals surface area contributed by atoms with Crippen LogP contribution >= 0.6 is 11.3 Å². The zero-order chi connectivity index (χ0) is 15.0. The van der Waals surface area contributed by atoms with E-state index in [1.54, 1.807) is 0 Å². The molecule has 0 amide bonds. The summed E-state index contributed by atoms with van der Waals surface area (Å²) in [7, 11) is 0. The number of thiazole rings is 1. The average Bonchev–Trinajstić information content (AvgIpc) is 3.09. The third-order valence-corrected chi connectivity index (χ3v) is 4.04. The Kier molecular flexibility index (Phi) is 3.40. The molecule has 3 heterocycles. The SMILES string of the molecule is Nc1nc(-c2cnc(C(F)(F)F)s2)nc(N2CCCC2)n1. The Balaban J connectivity index is 1.96. The van der Waals surface area contributed by atoms with Crippen LogP contribution in [-0.4, -0.2) is 33.0 Å². The molecule has 0 radical (unpaired) electrons. The van der Waals surface area contributed by atoms with Gasteiger partial charge in [0.25, 0.3) is 0 Å². The lowest BCUT2D eigenvalue weighted by molar-refractivity contribution is -0.137. The van der Waals surface area contributed by atoms with E-state index in [9.17, 15) is 13.2 Å². The molecule has 3 rings (SSSR count). The van der Waals surface area contributed by atoms with Crippen LogP contribution in [0.2, 0.25) is 0 Å². The Morgan fingerprint density at radius 3 is 2.48 bits per heavy atom. The van der Waals surface area contributed by atoms with Gasteiger partial charge >= 0.3 is 6.18 Å². The second-order valence-electron chi connectivity index (χ2n) is 4.54. The minimum Gasteiger partial charge on any atom is -0.368 e. The normalized spacial score (nSPS) is 15.7. The number of nitrogen functional groups attached to an aromatic ring is 1. The first-order valence-corrected chi connectivity index (χ1v) is 7.05. The van der Waals surface area contributed by atoms with E-state index in [0.29, 0.717) is 17.3 Å². The monoisotopic (exact) mass is 316 g/mol. The maximum atomic E-state index is 12.6. The zero-order valence-corrected chi connectivity index (χ0v) is 11.6. The quantitative estimate of drug-likeness (QED) is 0.915. The number of nitrogens with two attached hydrogens (primary N) is 1. The summed E-state index contributed by atoms with van der Waals surface area (Å²) in [5.41, 5.74) is 5.63. The number of halogens is 3. The Morgan fingerprint density at radius 1 is 1.14 bits per heavy atom. The van der Waals surface area contributed by atoms with Crippen LogP contribution in [0.1, 0.15) is 17.8 Å². The number of alkyl halides is 3. The van der Waals surface area contributed by atoms with Gasteiger partial charge in [0.05, 0.1) is 4.88 Å². The molecule has 1 saturated heterocycles. The maximum Gasteiger partial charge on any atom is 0.443 e. The second kappa shape index (κ2) is 5.10. The average molecular weight is 316 g/mol. The summed E-state index contributed by atoms with van der Waals surface area (Å²) in [5.74, 6) is 0.512. The van der Waals surface area contributed by atoms with Crippen LogP contribution in [0.4, 0.5) is 25.1 Å². The molecule has 2 N–H and O–H groups in total. The van der Waals surface area contributed by atoms with Crippen molar-refractivity contribution in [2.24, 2.45) is 0 Å². The van der Waals surface area contributed by atoms with Gasteiger partial charge in [-0.25, -0.2) is 4.98 Å². The lowest BCUT2D eigenvalue weighted by Crippen LogP contribution is -2.21. The number of hydrogen-bond acceptors (Lipinski definition) is 7. The maximum absolute atomic E-state index is 12.6. The van der Waals surface area contributed by atoms with Gasteiger partial charge in [0.15, 0.2) is 10.8 Å².